The molecule has 2 N–H and O–H groups in total. The third kappa shape index (κ3) is 5.92. The summed E-state index contributed by atoms with van der Waals surface area (Å²) in [6.45, 7) is 1.84. The first kappa shape index (κ1) is 29.0. The molecule has 0 unspecified atom stereocenters. The van der Waals surface area contributed by atoms with E-state index in [9.17, 15) is 23.6 Å². The highest BCUT2D eigenvalue weighted by molar-refractivity contribution is 6.31. The van der Waals surface area contributed by atoms with Crippen molar-refractivity contribution in [2.24, 2.45) is 5.92 Å². The van der Waals surface area contributed by atoms with E-state index in [1.54, 1.807) is 24.3 Å². The largest absolute Gasteiger partial charge is 0.618 e. The summed E-state index contributed by atoms with van der Waals surface area (Å²) in [4.78, 5) is 24.9. The number of benzene rings is 3. The summed E-state index contributed by atoms with van der Waals surface area (Å²) < 4.78 is 34.5. The van der Waals surface area contributed by atoms with Gasteiger partial charge in [0.1, 0.15) is 5.82 Å². The van der Waals surface area contributed by atoms with Gasteiger partial charge in [-0.15, -0.1) is 0 Å². The van der Waals surface area contributed by atoms with Crippen molar-refractivity contribution < 1.29 is 27.8 Å². The number of hydrogen-bond donors (Lipinski definition) is 2. The minimum Gasteiger partial charge on any atom is -0.618 e. The molecule has 3 aromatic carbocycles. The number of carbonyl (C=O) groups excluding carboxylic acids is 2. The Hall–Kier alpha value is -4.50. The number of rotatable bonds is 3. The fourth-order valence-electron chi connectivity index (χ4n) is 5.27. The Morgan fingerprint density at radius 3 is 2.64 bits per heavy atom. The molecule has 0 saturated carbocycles. The maximum Gasteiger partial charge on any atom is 0.411 e. The Kier molecular flexibility index (Phi) is 8.40. The Labute approximate surface area is 246 Å². The van der Waals surface area contributed by atoms with E-state index in [4.69, 9.17) is 11.6 Å². The molecule has 0 saturated heterocycles. The van der Waals surface area contributed by atoms with Gasteiger partial charge in [-0.2, -0.15) is 4.73 Å². The van der Waals surface area contributed by atoms with Crippen LogP contribution in [0.3, 0.4) is 0 Å². The van der Waals surface area contributed by atoms with Crippen LogP contribution in [-0.2, 0) is 9.53 Å². The highest BCUT2D eigenvalue weighted by Crippen LogP contribution is 2.37. The van der Waals surface area contributed by atoms with Gasteiger partial charge >= 0.3 is 6.09 Å². The summed E-state index contributed by atoms with van der Waals surface area (Å²) in [5.41, 5.74) is 3.48. The molecule has 2 amide bonds. The lowest BCUT2D eigenvalue weighted by Crippen LogP contribution is -2.34. The van der Waals surface area contributed by atoms with Gasteiger partial charge in [-0.1, -0.05) is 55.3 Å². The molecule has 1 aliphatic heterocycles. The van der Waals surface area contributed by atoms with Crippen molar-refractivity contribution in [3.8, 4) is 22.3 Å². The van der Waals surface area contributed by atoms with E-state index in [0.717, 1.165) is 35.0 Å². The second-order valence-corrected chi connectivity index (χ2v) is 10.7. The minimum atomic E-state index is -0.931. The smallest absolute Gasteiger partial charge is 0.411 e. The van der Waals surface area contributed by atoms with Crippen molar-refractivity contribution in [3.05, 3.63) is 106 Å². The van der Waals surface area contributed by atoms with Crippen LogP contribution in [0.5, 0.6) is 0 Å². The average molecular weight is 592 g/mol. The molecular formula is C32H28ClF2N3O4. The first-order chi connectivity index (χ1) is 20.2. The van der Waals surface area contributed by atoms with E-state index in [2.05, 4.69) is 15.4 Å². The van der Waals surface area contributed by atoms with Crippen LogP contribution in [0.15, 0.2) is 72.9 Å². The summed E-state index contributed by atoms with van der Waals surface area (Å²) in [6, 6.07) is 18.1. The second-order valence-electron chi connectivity index (χ2n) is 10.3. The molecule has 0 aliphatic carbocycles. The highest BCUT2D eigenvalue weighted by Gasteiger charge is 2.26. The van der Waals surface area contributed by atoms with E-state index < -0.39 is 17.7 Å². The maximum absolute atomic E-state index is 14.7. The van der Waals surface area contributed by atoms with Crippen LogP contribution in [0.25, 0.3) is 22.3 Å². The molecule has 7 nitrogen and oxygen atoms in total. The third-order valence-electron chi connectivity index (χ3n) is 7.52. The van der Waals surface area contributed by atoms with Gasteiger partial charge in [0.25, 0.3) is 0 Å². The van der Waals surface area contributed by atoms with Gasteiger partial charge in [0, 0.05) is 23.2 Å². The van der Waals surface area contributed by atoms with E-state index >= 15 is 0 Å². The average Bonchev–Trinajstić information content (AvgIpc) is 2.97. The molecule has 10 heteroatoms. The fraction of sp³-hybridized carbons (Fsp3) is 0.219. The van der Waals surface area contributed by atoms with Gasteiger partial charge in [0.2, 0.25) is 5.91 Å². The van der Waals surface area contributed by atoms with Crippen LogP contribution in [0.2, 0.25) is 5.02 Å². The lowest BCUT2D eigenvalue weighted by molar-refractivity contribution is -0.614. The molecule has 5 rings (SSSR count). The van der Waals surface area contributed by atoms with Gasteiger partial charge in [0.05, 0.1) is 34.9 Å². The molecular weight excluding hydrogens is 564 g/mol. The number of nitrogens with zero attached hydrogens (tertiary/aromatic N) is 1. The second kappa shape index (κ2) is 12.2. The monoisotopic (exact) mass is 591 g/mol. The van der Waals surface area contributed by atoms with E-state index in [-0.39, 0.29) is 33.9 Å². The van der Waals surface area contributed by atoms with E-state index in [1.807, 2.05) is 31.2 Å². The predicted octanol–water partition coefficient (Wildman–Crippen LogP) is 7.65. The number of fused-ring (bicyclic) bond motifs is 4. The molecule has 2 bridgehead atoms. The molecule has 2 heterocycles. The number of nitrogens with one attached hydrogen (secondary N) is 2. The van der Waals surface area contributed by atoms with Crippen molar-refractivity contribution in [3.63, 3.8) is 0 Å². The Bertz CT molecular complexity index is 1680. The summed E-state index contributed by atoms with van der Waals surface area (Å²) in [6.07, 6.45) is 2.30. The van der Waals surface area contributed by atoms with Crippen LogP contribution < -0.4 is 15.4 Å². The van der Waals surface area contributed by atoms with Gasteiger partial charge in [-0.05, 0) is 54.3 Å². The maximum atomic E-state index is 14.7. The summed E-state index contributed by atoms with van der Waals surface area (Å²) in [5.74, 6) is -2.61. The van der Waals surface area contributed by atoms with E-state index in [1.165, 1.54) is 13.2 Å². The minimum absolute atomic E-state index is 0.0729. The number of carbonyl (C=O) groups is 2. The number of halogens is 3. The number of pyridine rings is 1. The van der Waals surface area contributed by atoms with Crippen molar-refractivity contribution in [1.29, 1.82) is 0 Å². The molecule has 216 valence electrons. The van der Waals surface area contributed by atoms with Crippen LogP contribution in [0, 0.1) is 22.8 Å². The van der Waals surface area contributed by atoms with Crippen LogP contribution in [-0.4, -0.2) is 19.1 Å². The lowest BCUT2D eigenvalue weighted by Gasteiger charge is -2.22. The molecule has 42 heavy (non-hydrogen) atoms. The summed E-state index contributed by atoms with van der Waals surface area (Å²) in [5, 5.41) is 18.8. The summed E-state index contributed by atoms with van der Waals surface area (Å²) >= 11 is 5.87. The van der Waals surface area contributed by atoms with Crippen LogP contribution >= 0.6 is 11.6 Å². The number of hydrogen-bond acceptors (Lipinski definition) is 4. The van der Waals surface area contributed by atoms with Gasteiger partial charge < -0.3 is 15.3 Å². The molecule has 0 fully saturated rings. The van der Waals surface area contributed by atoms with Crippen LogP contribution in [0.1, 0.15) is 43.4 Å². The number of aromatic nitrogens is 1. The normalized spacial score (nSPS) is 16.8. The molecule has 0 spiro atoms. The van der Waals surface area contributed by atoms with E-state index in [0.29, 0.717) is 41.1 Å². The van der Waals surface area contributed by atoms with Crippen molar-refractivity contribution >= 4 is 35.0 Å². The molecule has 4 aromatic rings. The number of anilines is 2. The third-order valence-corrected chi connectivity index (χ3v) is 7.81. The van der Waals surface area contributed by atoms with Crippen molar-refractivity contribution in [1.82, 2.24) is 0 Å². The Morgan fingerprint density at radius 2 is 1.88 bits per heavy atom. The zero-order valence-corrected chi connectivity index (χ0v) is 23.7. The Morgan fingerprint density at radius 1 is 1.07 bits per heavy atom. The van der Waals surface area contributed by atoms with Crippen molar-refractivity contribution in [2.45, 2.75) is 32.1 Å². The highest BCUT2D eigenvalue weighted by atomic mass is 35.5. The topological polar surface area (TPSA) is 94.4 Å². The zero-order valence-electron chi connectivity index (χ0n) is 22.9. The molecule has 0 radical (unpaired) electrons. The first-order valence-corrected chi connectivity index (χ1v) is 13.8. The first-order valence-electron chi connectivity index (χ1n) is 13.4. The predicted molar refractivity (Wildman–Crippen MR) is 157 cm³/mol. The molecule has 1 aromatic heterocycles. The lowest BCUT2D eigenvalue weighted by atomic mass is 9.86. The zero-order chi connectivity index (χ0) is 30.0. The van der Waals surface area contributed by atoms with Gasteiger partial charge in [-0.3, -0.25) is 10.1 Å². The van der Waals surface area contributed by atoms with Gasteiger partial charge in [-0.25, -0.2) is 13.6 Å². The SMILES string of the molecule is COC(=O)Nc1ccc2c(c1)NC(=O)[C@H](C)CCC[C@@H](c1ccc(-c3c(F)ccc(Cl)c3F)c[n+]1[O-])c1cccc-2c1. The fourth-order valence-corrected chi connectivity index (χ4v) is 5.43. The Balaban J connectivity index is 1.59. The van der Waals surface area contributed by atoms with Crippen LogP contribution in [0.4, 0.5) is 25.0 Å². The summed E-state index contributed by atoms with van der Waals surface area (Å²) in [7, 11) is 1.27. The van der Waals surface area contributed by atoms with Crippen molar-refractivity contribution in [2.75, 3.05) is 17.7 Å². The van der Waals surface area contributed by atoms with Gasteiger partial charge in [0.15, 0.2) is 17.7 Å². The number of ether oxygens (including phenoxy) is 1. The number of methoxy groups -OCH3 is 1. The quantitative estimate of drug-likeness (QED) is 0.145. The molecule has 1 aliphatic rings. The number of amides is 2. The standard InChI is InChI=1S/C32H28ClF2N3O4/c1-18-5-3-8-24(28-14-9-21(17-38(28)41)29-26(34)13-12-25(33)30(29)35)20-7-4-6-19(15-20)23-11-10-22(36-32(40)42-2)16-27(23)37-31(18)39/h4,6-7,9-18,24H,3,5,8H2,1-2H3,(H,36,40)(H,37,39)/t18-,24-/m1/s1. The molecule has 2 atom stereocenters.